The zero-order valence-corrected chi connectivity index (χ0v) is 16.5. The van der Waals surface area contributed by atoms with Gasteiger partial charge in [0.05, 0.1) is 0 Å². The largest absolute Gasteiger partial charge is 0.508 e. The van der Waals surface area contributed by atoms with Gasteiger partial charge >= 0.3 is 14.0 Å². The number of hydrogen-bond donors (Lipinski definition) is 2. The van der Waals surface area contributed by atoms with Gasteiger partial charge in [-0.1, -0.05) is 30.3 Å². The van der Waals surface area contributed by atoms with Crippen LogP contribution >= 0.6 is 7.82 Å². The molecule has 1 fully saturated rings. The Labute approximate surface area is 165 Å². The molecule has 1 aliphatic rings. The molecule has 0 amide bonds. The molecule has 1 aromatic carbocycles. The molecule has 0 aliphatic carbocycles. The third-order valence-corrected chi connectivity index (χ3v) is 5.31. The van der Waals surface area contributed by atoms with E-state index in [4.69, 9.17) is 32.3 Å². The molecule has 2 unspecified atom stereocenters. The summed E-state index contributed by atoms with van der Waals surface area (Å²) in [5, 5.41) is 0. The van der Waals surface area contributed by atoms with Crippen LogP contribution in [0.15, 0.2) is 30.3 Å². The van der Waals surface area contributed by atoms with Crippen molar-refractivity contribution < 1.29 is 37.5 Å². The zero-order chi connectivity index (χ0) is 20.6. The Kier molecular flexibility index (Phi) is 8.94. The van der Waals surface area contributed by atoms with Gasteiger partial charge < -0.3 is 24.8 Å². The Hall–Kier alpha value is -1.42. The summed E-state index contributed by atoms with van der Waals surface area (Å²) in [7, 11) is 2.73. The van der Waals surface area contributed by atoms with Gasteiger partial charge in [0.25, 0.3) is 0 Å². The molecule has 0 saturated carbocycles. The maximum absolute atomic E-state index is 11.9. The highest BCUT2D eigenvalue weighted by atomic mass is 31.2. The zero-order valence-electron chi connectivity index (χ0n) is 15.6. The molecule has 28 heavy (non-hydrogen) atoms. The van der Waals surface area contributed by atoms with Crippen LogP contribution < -0.4 is 5.73 Å². The van der Waals surface area contributed by atoms with Crippen molar-refractivity contribution >= 4 is 21.8 Å². The first kappa shape index (κ1) is 22.9. The van der Waals surface area contributed by atoms with E-state index in [1.807, 2.05) is 30.3 Å². The minimum absolute atomic E-state index is 0.0548. The normalized spacial score (nSPS) is 26.5. The second-order valence-electron chi connectivity index (χ2n) is 6.29. The smallest absolute Gasteiger partial charge is 0.431 e. The fraction of sp³-hybridized carbons (Fsp3) is 0.588. The van der Waals surface area contributed by atoms with Gasteiger partial charge in [0.1, 0.15) is 33.3 Å². The van der Waals surface area contributed by atoms with E-state index < -0.39 is 38.1 Å². The fourth-order valence-corrected chi connectivity index (χ4v) is 3.60. The van der Waals surface area contributed by atoms with Gasteiger partial charge in [-0.2, -0.15) is 0 Å². The van der Waals surface area contributed by atoms with Crippen LogP contribution in [0.5, 0.6) is 0 Å². The number of ether oxygens (including phenoxy) is 3. The average molecular weight is 413 g/mol. The number of rotatable bonds is 10. The highest BCUT2D eigenvalue weighted by molar-refractivity contribution is 7.47. The SMILES string of the molecule is [B][C@@H]1O[C@H](COC(=O)OCc2ccccc2)C(OP(=O)(O)OC)[C@@H]1CCCN. The molecule has 0 spiro atoms. The summed E-state index contributed by atoms with van der Waals surface area (Å²) < 4.78 is 37.2. The molecule has 1 aromatic rings. The Morgan fingerprint density at radius 3 is 2.68 bits per heavy atom. The van der Waals surface area contributed by atoms with Crippen LogP contribution in [-0.2, 0) is 34.4 Å². The van der Waals surface area contributed by atoms with E-state index in [1.165, 1.54) is 0 Å². The van der Waals surface area contributed by atoms with Crippen LogP contribution in [0.2, 0.25) is 0 Å². The Bertz CT molecular complexity index is 664. The molecule has 154 valence electrons. The van der Waals surface area contributed by atoms with Crippen LogP contribution in [0, 0.1) is 5.92 Å². The van der Waals surface area contributed by atoms with E-state index in [1.54, 1.807) is 0 Å². The molecule has 0 bridgehead atoms. The predicted molar refractivity (Wildman–Crippen MR) is 100 cm³/mol. The van der Waals surface area contributed by atoms with E-state index in [2.05, 4.69) is 4.52 Å². The number of carbonyl (C=O) groups is 1. The molecule has 1 saturated heterocycles. The summed E-state index contributed by atoms with van der Waals surface area (Å²) in [6.45, 7) is 0.220. The monoisotopic (exact) mass is 413 g/mol. The quantitative estimate of drug-likeness (QED) is 0.335. The molecule has 1 aliphatic heterocycles. The first-order valence-corrected chi connectivity index (χ1v) is 10.4. The Morgan fingerprint density at radius 2 is 2.04 bits per heavy atom. The van der Waals surface area contributed by atoms with Crippen LogP contribution in [-0.4, -0.2) is 57.4 Å². The molecule has 11 heteroatoms. The minimum atomic E-state index is -4.29. The van der Waals surface area contributed by atoms with Crippen LogP contribution in [0.25, 0.3) is 0 Å². The van der Waals surface area contributed by atoms with Gasteiger partial charge in [0.2, 0.25) is 0 Å². The Balaban J connectivity index is 1.92. The van der Waals surface area contributed by atoms with Crippen molar-refractivity contribution in [3.63, 3.8) is 0 Å². The lowest BCUT2D eigenvalue weighted by Crippen LogP contribution is -2.34. The van der Waals surface area contributed by atoms with Crippen molar-refractivity contribution in [1.29, 1.82) is 0 Å². The van der Waals surface area contributed by atoms with Crippen molar-refractivity contribution in [2.45, 2.75) is 37.7 Å². The van der Waals surface area contributed by atoms with E-state index in [0.29, 0.717) is 19.4 Å². The topological polar surface area (TPSA) is 127 Å². The van der Waals surface area contributed by atoms with E-state index in [0.717, 1.165) is 12.7 Å². The van der Waals surface area contributed by atoms with Gasteiger partial charge in [-0.3, -0.25) is 9.05 Å². The number of benzene rings is 1. The van der Waals surface area contributed by atoms with Gasteiger partial charge in [0.15, 0.2) is 0 Å². The molecule has 0 aromatic heterocycles. The molecule has 9 nitrogen and oxygen atoms in total. The summed E-state index contributed by atoms with van der Waals surface area (Å²) in [5.74, 6) is -0.409. The van der Waals surface area contributed by atoms with Gasteiger partial charge in [-0.25, -0.2) is 9.36 Å². The number of phosphoric acid groups is 1. The molecule has 3 N–H and O–H groups in total. The summed E-state index contributed by atoms with van der Waals surface area (Å²) in [4.78, 5) is 21.5. The second kappa shape index (κ2) is 10.9. The molecular formula is C17H25BNO8P. The van der Waals surface area contributed by atoms with Crippen molar-refractivity contribution in [2.24, 2.45) is 11.7 Å². The standard InChI is InChI=1S/C17H25BNO8P/c1-23-28(21,22)27-15-13(8-5-9-19)16(18)26-14(15)11-25-17(20)24-10-12-6-3-2-4-7-12/h2-4,6-7,13-16H,5,8-11,19H2,1H3,(H,21,22)/t13-,14+,15?,16+/m0/s1. The number of nitrogens with two attached hydrogens (primary N) is 1. The van der Waals surface area contributed by atoms with E-state index in [-0.39, 0.29) is 13.2 Å². The van der Waals surface area contributed by atoms with Crippen LogP contribution in [0.1, 0.15) is 18.4 Å². The van der Waals surface area contributed by atoms with Crippen molar-refractivity contribution in [2.75, 3.05) is 20.3 Å². The van der Waals surface area contributed by atoms with Crippen molar-refractivity contribution in [3.8, 4) is 0 Å². The lowest BCUT2D eigenvalue weighted by Gasteiger charge is -2.25. The van der Waals surface area contributed by atoms with Gasteiger partial charge in [-0.15, -0.1) is 0 Å². The molecule has 2 rings (SSSR count). The lowest BCUT2D eigenvalue weighted by molar-refractivity contribution is -0.0304. The Morgan fingerprint density at radius 1 is 1.32 bits per heavy atom. The second-order valence-corrected chi connectivity index (χ2v) is 7.80. The van der Waals surface area contributed by atoms with Crippen LogP contribution in [0.4, 0.5) is 4.79 Å². The van der Waals surface area contributed by atoms with Gasteiger partial charge in [-0.05, 0) is 24.9 Å². The predicted octanol–water partition coefficient (Wildman–Crippen LogP) is 1.72. The third-order valence-electron chi connectivity index (χ3n) is 4.33. The summed E-state index contributed by atoms with van der Waals surface area (Å²) in [5.41, 5.74) is 6.34. The average Bonchev–Trinajstić information content (AvgIpc) is 2.97. The first-order valence-electron chi connectivity index (χ1n) is 8.88. The van der Waals surface area contributed by atoms with Gasteiger partial charge in [0, 0.05) is 19.0 Å². The lowest BCUT2D eigenvalue weighted by atomic mass is 9.82. The summed E-state index contributed by atoms with van der Waals surface area (Å²) >= 11 is 0. The third kappa shape index (κ3) is 6.88. The highest BCUT2D eigenvalue weighted by Gasteiger charge is 2.46. The molecule has 5 atom stereocenters. The fourth-order valence-electron chi connectivity index (χ4n) is 2.91. The maximum Gasteiger partial charge on any atom is 0.508 e. The van der Waals surface area contributed by atoms with E-state index >= 15 is 0 Å². The van der Waals surface area contributed by atoms with Crippen LogP contribution in [0.3, 0.4) is 0 Å². The highest BCUT2D eigenvalue weighted by Crippen LogP contribution is 2.48. The number of hydrogen-bond acceptors (Lipinski definition) is 8. The summed E-state index contributed by atoms with van der Waals surface area (Å²) in [6, 6.07) is 8.35. The molecular weight excluding hydrogens is 388 g/mol. The molecule has 2 radical (unpaired) electrons. The minimum Gasteiger partial charge on any atom is -0.431 e. The van der Waals surface area contributed by atoms with Crippen molar-refractivity contribution in [3.05, 3.63) is 35.9 Å². The van der Waals surface area contributed by atoms with E-state index in [9.17, 15) is 14.3 Å². The summed E-state index contributed by atoms with van der Waals surface area (Å²) in [6.07, 6.45) is -1.51. The number of phosphoric ester groups is 1. The first-order chi connectivity index (χ1) is 13.4. The molecule has 1 heterocycles. The number of carbonyl (C=O) groups excluding carboxylic acids is 1. The van der Waals surface area contributed by atoms with Crippen molar-refractivity contribution in [1.82, 2.24) is 0 Å². The maximum atomic E-state index is 11.9.